The highest BCUT2D eigenvalue weighted by Crippen LogP contribution is 1.91. The van der Waals surface area contributed by atoms with Crippen molar-refractivity contribution in [2.24, 2.45) is 5.73 Å². The summed E-state index contributed by atoms with van der Waals surface area (Å²) in [4.78, 5) is 32.2. The molecule has 0 spiro atoms. The second-order valence-corrected chi connectivity index (χ2v) is 3.59. The lowest BCUT2D eigenvalue weighted by molar-refractivity contribution is -0.119. The molecule has 4 amide bonds. The van der Waals surface area contributed by atoms with E-state index in [1.807, 2.05) is 5.32 Å². The number of carbonyl (C=O) groups excluding carboxylic acids is 3. The quantitative estimate of drug-likeness (QED) is 0.451. The summed E-state index contributed by atoms with van der Waals surface area (Å²) >= 11 is 5.42. The minimum atomic E-state index is -0.763. The number of primary amides is 1. The van der Waals surface area contributed by atoms with Crippen molar-refractivity contribution in [1.29, 1.82) is 0 Å². The van der Waals surface area contributed by atoms with Crippen molar-refractivity contribution in [3.8, 4) is 0 Å². The highest BCUT2D eigenvalue weighted by molar-refractivity contribution is 6.31. The third-order valence-electron chi connectivity index (χ3n) is 1.48. The van der Waals surface area contributed by atoms with E-state index in [1.165, 1.54) is 6.92 Å². The number of nitrogens with one attached hydrogen (secondary N) is 2. The molecule has 0 aromatic rings. The number of amides is 4. The molecule has 0 saturated carbocycles. The number of carbonyl (C=O) groups is 3. The Morgan fingerprint density at radius 2 is 2.00 bits per heavy atom. The predicted octanol–water partition coefficient (Wildman–Crippen LogP) is -0.295. The zero-order valence-electron chi connectivity index (χ0n) is 8.38. The van der Waals surface area contributed by atoms with Gasteiger partial charge < -0.3 is 11.1 Å². The second kappa shape index (κ2) is 7.05. The van der Waals surface area contributed by atoms with Crippen molar-refractivity contribution in [1.82, 2.24) is 10.6 Å². The summed E-state index contributed by atoms with van der Waals surface area (Å²) in [6.45, 7) is 1.73. The summed E-state index contributed by atoms with van der Waals surface area (Å²) in [5.74, 6) is -0.994. The van der Waals surface area contributed by atoms with Gasteiger partial charge in [0, 0.05) is 13.0 Å². The van der Waals surface area contributed by atoms with Crippen LogP contribution in [0.15, 0.2) is 0 Å². The molecule has 0 aliphatic carbocycles. The fourth-order valence-corrected chi connectivity index (χ4v) is 0.775. The largest absolute Gasteiger partial charge is 0.370 e. The molecule has 15 heavy (non-hydrogen) atoms. The highest BCUT2D eigenvalue weighted by atomic mass is 35.5. The van der Waals surface area contributed by atoms with Crippen molar-refractivity contribution in [2.75, 3.05) is 6.54 Å². The van der Waals surface area contributed by atoms with E-state index < -0.39 is 23.2 Å². The van der Waals surface area contributed by atoms with E-state index in [0.29, 0.717) is 6.42 Å². The molecule has 0 radical (unpaired) electrons. The van der Waals surface area contributed by atoms with Gasteiger partial charge in [-0.3, -0.25) is 14.9 Å². The monoisotopic (exact) mass is 235 g/mol. The number of rotatable bonds is 5. The molecule has 0 aromatic carbocycles. The number of hydrogen-bond donors (Lipinski definition) is 3. The van der Waals surface area contributed by atoms with E-state index in [-0.39, 0.29) is 13.0 Å². The standard InChI is InChI=1S/C8H14ClN3O3/c1-5(9)7(14)12-8(15)11-4-2-3-6(10)13/h5H,2-4H2,1H3,(H2,10,13)(H2,11,12,14,15). The molecular formula is C8H14ClN3O3. The van der Waals surface area contributed by atoms with E-state index in [1.54, 1.807) is 0 Å². The van der Waals surface area contributed by atoms with Crippen LogP contribution in [0.2, 0.25) is 0 Å². The molecule has 0 fully saturated rings. The van der Waals surface area contributed by atoms with Crippen LogP contribution < -0.4 is 16.4 Å². The molecule has 0 heterocycles. The molecule has 4 N–H and O–H groups in total. The topological polar surface area (TPSA) is 101 Å². The first-order valence-corrected chi connectivity index (χ1v) is 4.88. The first kappa shape index (κ1) is 13.7. The SMILES string of the molecule is CC(Cl)C(=O)NC(=O)NCCCC(N)=O. The maximum absolute atomic E-state index is 11.0. The Kier molecular flexibility index (Phi) is 6.44. The van der Waals surface area contributed by atoms with Crippen molar-refractivity contribution in [3.63, 3.8) is 0 Å². The summed E-state index contributed by atoms with van der Waals surface area (Å²) < 4.78 is 0. The average Bonchev–Trinajstić information content (AvgIpc) is 2.12. The highest BCUT2D eigenvalue weighted by Gasteiger charge is 2.11. The van der Waals surface area contributed by atoms with Crippen LogP contribution >= 0.6 is 11.6 Å². The summed E-state index contributed by atoms with van der Waals surface area (Å²) in [6, 6.07) is -0.628. The van der Waals surface area contributed by atoms with E-state index >= 15 is 0 Å². The molecule has 1 unspecified atom stereocenters. The molecule has 86 valence electrons. The van der Waals surface area contributed by atoms with Crippen molar-refractivity contribution in [3.05, 3.63) is 0 Å². The van der Waals surface area contributed by atoms with Crippen LogP contribution in [0.3, 0.4) is 0 Å². The summed E-state index contributed by atoms with van der Waals surface area (Å²) in [5.41, 5.74) is 4.89. The Balaban J connectivity index is 3.58. The van der Waals surface area contributed by atoms with E-state index in [4.69, 9.17) is 17.3 Å². The molecule has 0 rings (SSSR count). The first-order valence-electron chi connectivity index (χ1n) is 4.44. The molecule has 7 heteroatoms. The zero-order valence-corrected chi connectivity index (χ0v) is 9.13. The van der Waals surface area contributed by atoms with Gasteiger partial charge in [0.1, 0.15) is 5.38 Å². The third kappa shape index (κ3) is 7.75. The number of alkyl halides is 1. The van der Waals surface area contributed by atoms with Crippen molar-refractivity contribution in [2.45, 2.75) is 25.1 Å². The molecule has 6 nitrogen and oxygen atoms in total. The Morgan fingerprint density at radius 1 is 1.40 bits per heavy atom. The van der Waals surface area contributed by atoms with Crippen LogP contribution in [0.1, 0.15) is 19.8 Å². The molecule has 0 aliphatic rings. The maximum Gasteiger partial charge on any atom is 0.321 e. The zero-order chi connectivity index (χ0) is 11.8. The smallest absolute Gasteiger partial charge is 0.321 e. The van der Waals surface area contributed by atoms with Crippen LogP contribution in [-0.2, 0) is 9.59 Å². The lowest BCUT2D eigenvalue weighted by atomic mass is 10.3. The van der Waals surface area contributed by atoms with E-state index in [2.05, 4.69) is 5.32 Å². The summed E-state index contributed by atoms with van der Waals surface area (Å²) in [7, 11) is 0. The number of hydrogen-bond acceptors (Lipinski definition) is 3. The van der Waals surface area contributed by atoms with Crippen molar-refractivity contribution >= 4 is 29.4 Å². The number of halogens is 1. The Labute approximate surface area is 92.5 Å². The Morgan fingerprint density at radius 3 is 2.47 bits per heavy atom. The summed E-state index contributed by atoms with van der Waals surface area (Å²) in [6.07, 6.45) is 0.632. The van der Waals surface area contributed by atoms with Crippen LogP contribution in [0.5, 0.6) is 0 Å². The Hall–Kier alpha value is -1.30. The van der Waals surface area contributed by atoms with E-state index in [0.717, 1.165) is 0 Å². The summed E-state index contributed by atoms with van der Waals surface area (Å²) in [5, 5.41) is 3.65. The van der Waals surface area contributed by atoms with Gasteiger partial charge in [0.05, 0.1) is 0 Å². The second-order valence-electron chi connectivity index (χ2n) is 2.93. The third-order valence-corrected chi connectivity index (χ3v) is 1.68. The number of nitrogens with two attached hydrogens (primary N) is 1. The van der Waals surface area contributed by atoms with Crippen LogP contribution in [0.4, 0.5) is 4.79 Å². The lowest BCUT2D eigenvalue weighted by Gasteiger charge is -2.06. The van der Waals surface area contributed by atoms with Gasteiger partial charge >= 0.3 is 6.03 Å². The first-order chi connectivity index (χ1) is 6.93. The molecule has 0 bridgehead atoms. The van der Waals surface area contributed by atoms with Crippen molar-refractivity contribution < 1.29 is 14.4 Å². The average molecular weight is 236 g/mol. The van der Waals surface area contributed by atoms with Gasteiger partial charge in [-0.2, -0.15) is 0 Å². The van der Waals surface area contributed by atoms with Gasteiger partial charge in [-0.1, -0.05) is 0 Å². The number of imide groups is 1. The molecular weight excluding hydrogens is 222 g/mol. The molecule has 1 atom stereocenters. The fraction of sp³-hybridized carbons (Fsp3) is 0.625. The fourth-order valence-electron chi connectivity index (χ4n) is 0.720. The van der Waals surface area contributed by atoms with Gasteiger partial charge in [-0.15, -0.1) is 11.6 Å². The van der Waals surface area contributed by atoms with Crippen LogP contribution in [0, 0.1) is 0 Å². The van der Waals surface area contributed by atoms with E-state index in [9.17, 15) is 14.4 Å². The maximum atomic E-state index is 11.0. The Bertz CT molecular complexity index is 256. The minimum Gasteiger partial charge on any atom is -0.370 e. The lowest BCUT2D eigenvalue weighted by Crippen LogP contribution is -2.42. The van der Waals surface area contributed by atoms with Gasteiger partial charge in [-0.25, -0.2) is 4.79 Å². The minimum absolute atomic E-state index is 0.195. The number of urea groups is 1. The molecule has 0 saturated heterocycles. The normalized spacial score (nSPS) is 11.6. The van der Waals surface area contributed by atoms with Crippen LogP contribution in [0.25, 0.3) is 0 Å². The van der Waals surface area contributed by atoms with Gasteiger partial charge in [0.2, 0.25) is 11.8 Å². The molecule has 0 aromatic heterocycles. The van der Waals surface area contributed by atoms with Gasteiger partial charge in [0.25, 0.3) is 0 Å². The van der Waals surface area contributed by atoms with Crippen LogP contribution in [-0.4, -0.2) is 29.8 Å². The molecule has 0 aliphatic heterocycles. The van der Waals surface area contributed by atoms with Gasteiger partial charge in [0.15, 0.2) is 0 Å². The van der Waals surface area contributed by atoms with Gasteiger partial charge in [-0.05, 0) is 13.3 Å². The predicted molar refractivity (Wildman–Crippen MR) is 55.3 cm³/mol.